The minimum absolute atomic E-state index is 0.119. The van der Waals surface area contributed by atoms with Crippen molar-refractivity contribution in [1.82, 2.24) is 5.32 Å². The average molecular weight is 294 g/mol. The summed E-state index contributed by atoms with van der Waals surface area (Å²) >= 11 is 12.1. The second-order valence-corrected chi connectivity index (χ2v) is 5.08. The van der Waals surface area contributed by atoms with Crippen molar-refractivity contribution in [2.45, 2.75) is 6.92 Å². The molecule has 0 atom stereocenters. The molecule has 0 fully saturated rings. The van der Waals surface area contributed by atoms with Crippen LogP contribution in [0.4, 0.5) is 0 Å². The first-order valence-corrected chi connectivity index (χ1v) is 6.56. The smallest absolute Gasteiger partial charge is 0.251 e. The van der Waals surface area contributed by atoms with Gasteiger partial charge in [-0.15, -0.1) is 0 Å². The number of aryl methyl sites for hydroxylation is 1. The number of carbonyl (C=O) groups excluding carboxylic acids is 1. The van der Waals surface area contributed by atoms with Gasteiger partial charge in [0.2, 0.25) is 0 Å². The van der Waals surface area contributed by atoms with Crippen LogP contribution in [-0.2, 0) is 0 Å². The zero-order valence-electron chi connectivity index (χ0n) is 10.6. The number of hydrogen-bond donors (Lipinski definition) is 1. The van der Waals surface area contributed by atoms with Gasteiger partial charge in [0.15, 0.2) is 0 Å². The number of halogens is 2. The third-order valence-electron chi connectivity index (χ3n) is 2.95. The molecule has 0 unspecified atom stereocenters. The van der Waals surface area contributed by atoms with Gasteiger partial charge < -0.3 is 5.32 Å². The maximum Gasteiger partial charge on any atom is 0.251 e. The van der Waals surface area contributed by atoms with Crippen LogP contribution in [0.2, 0.25) is 10.0 Å². The van der Waals surface area contributed by atoms with Crippen molar-refractivity contribution in [2.24, 2.45) is 0 Å². The van der Waals surface area contributed by atoms with Gasteiger partial charge in [-0.25, -0.2) is 0 Å². The maximum absolute atomic E-state index is 11.7. The Morgan fingerprint density at radius 2 is 1.79 bits per heavy atom. The van der Waals surface area contributed by atoms with Gasteiger partial charge in [-0.1, -0.05) is 35.3 Å². The molecule has 2 nitrogen and oxygen atoms in total. The van der Waals surface area contributed by atoms with E-state index in [-0.39, 0.29) is 5.91 Å². The normalized spacial score (nSPS) is 10.3. The summed E-state index contributed by atoms with van der Waals surface area (Å²) in [7, 11) is 1.61. The van der Waals surface area contributed by atoms with E-state index in [0.717, 1.165) is 16.7 Å². The summed E-state index contributed by atoms with van der Waals surface area (Å²) in [5.41, 5.74) is 3.46. The molecule has 1 amide bonds. The lowest BCUT2D eigenvalue weighted by atomic mass is 9.98. The summed E-state index contributed by atoms with van der Waals surface area (Å²) in [5, 5.41) is 3.78. The first-order valence-electron chi connectivity index (χ1n) is 5.81. The second-order valence-electron chi connectivity index (χ2n) is 4.23. The van der Waals surface area contributed by atoms with E-state index in [1.165, 1.54) is 0 Å². The highest BCUT2D eigenvalue weighted by Crippen LogP contribution is 2.32. The van der Waals surface area contributed by atoms with E-state index in [0.29, 0.717) is 15.6 Å². The fourth-order valence-corrected chi connectivity index (χ4v) is 2.42. The van der Waals surface area contributed by atoms with Crippen molar-refractivity contribution in [1.29, 1.82) is 0 Å². The molecule has 0 saturated carbocycles. The molecule has 0 aliphatic rings. The van der Waals surface area contributed by atoms with E-state index in [4.69, 9.17) is 23.2 Å². The zero-order valence-corrected chi connectivity index (χ0v) is 12.1. The number of rotatable bonds is 2. The Hall–Kier alpha value is -1.51. The predicted octanol–water partition coefficient (Wildman–Crippen LogP) is 4.33. The maximum atomic E-state index is 11.7. The van der Waals surface area contributed by atoms with Gasteiger partial charge in [-0.2, -0.15) is 0 Å². The SMILES string of the molecule is CNC(=O)c1ccc(C)c(-c2ccc(Cl)cc2Cl)c1. The molecule has 1 N–H and O–H groups in total. The van der Waals surface area contributed by atoms with Crippen LogP contribution in [0, 0.1) is 6.92 Å². The van der Waals surface area contributed by atoms with Crippen LogP contribution in [0.25, 0.3) is 11.1 Å². The van der Waals surface area contributed by atoms with E-state index in [1.54, 1.807) is 25.2 Å². The molecule has 98 valence electrons. The minimum atomic E-state index is -0.119. The van der Waals surface area contributed by atoms with Crippen molar-refractivity contribution < 1.29 is 4.79 Å². The average Bonchev–Trinajstić information content (AvgIpc) is 2.39. The lowest BCUT2D eigenvalue weighted by Crippen LogP contribution is -2.17. The van der Waals surface area contributed by atoms with Crippen LogP contribution in [0.3, 0.4) is 0 Å². The molecule has 0 radical (unpaired) electrons. The third kappa shape index (κ3) is 2.91. The number of benzene rings is 2. The Morgan fingerprint density at radius 1 is 1.05 bits per heavy atom. The fraction of sp³-hybridized carbons (Fsp3) is 0.133. The number of amides is 1. The van der Waals surface area contributed by atoms with Gasteiger partial charge in [0.25, 0.3) is 5.91 Å². The van der Waals surface area contributed by atoms with Gasteiger partial charge in [-0.05, 0) is 42.3 Å². The van der Waals surface area contributed by atoms with Crippen molar-refractivity contribution in [3.8, 4) is 11.1 Å². The molecule has 0 spiro atoms. The molecule has 4 heteroatoms. The number of carbonyl (C=O) groups is 1. The molecular formula is C15H13Cl2NO. The highest BCUT2D eigenvalue weighted by Gasteiger charge is 2.10. The van der Waals surface area contributed by atoms with Crippen LogP contribution in [0.5, 0.6) is 0 Å². The van der Waals surface area contributed by atoms with Crippen LogP contribution in [0.15, 0.2) is 36.4 Å². The Labute approximate surface area is 122 Å². The van der Waals surface area contributed by atoms with E-state index in [1.807, 2.05) is 25.1 Å². The molecule has 0 heterocycles. The molecule has 0 aliphatic carbocycles. The van der Waals surface area contributed by atoms with Gasteiger partial charge >= 0.3 is 0 Å². The largest absolute Gasteiger partial charge is 0.355 e. The third-order valence-corrected chi connectivity index (χ3v) is 3.50. The molecule has 0 aromatic heterocycles. The molecule has 0 saturated heterocycles. The van der Waals surface area contributed by atoms with Crippen LogP contribution in [0.1, 0.15) is 15.9 Å². The van der Waals surface area contributed by atoms with E-state index < -0.39 is 0 Å². The van der Waals surface area contributed by atoms with Crippen molar-refractivity contribution in [2.75, 3.05) is 7.05 Å². The lowest BCUT2D eigenvalue weighted by Gasteiger charge is -2.10. The quantitative estimate of drug-likeness (QED) is 0.877. The Kier molecular flexibility index (Phi) is 4.13. The van der Waals surface area contributed by atoms with Crippen molar-refractivity contribution >= 4 is 29.1 Å². The van der Waals surface area contributed by atoms with Gasteiger partial charge in [0, 0.05) is 28.2 Å². The summed E-state index contributed by atoms with van der Waals surface area (Å²) in [6, 6.07) is 10.9. The predicted molar refractivity (Wildman–Crippen MR) is 80.0 cm³/mol. The van der Waals surface area contributed by atoms with Crippen LogP contribution < -0.4 is 5.32 Å². The molecule has 2 aromatic carbocycles. The summed E-state index contributed by atoms with van der Waals surface area (Å²) in [5.74, 6) is -0.119. The molecule has 2 aromatic rings. The Balaban J connectivity index is 2.57. The number of hydrogen-bond acceptors (Lipinski definition) is 1. The zero-order chi connectivity index (χ0) is 14.0. The fourth-order valence-electron chi connectivity index (χ4n) is 1.91. The van der Waals surface area contributed by atoms with Gasteiger partial charge in [0.1, 0.15) is 0 Å². The summed E-state index contributed by atoms with van der Waals surface area (Å²) in [4.78, 5) is 11.7. The summed E-state index contributed by atoms with van der Waals surface area (Å²) in [6.07, 6.45) is 0. The van der Waals surface area contributed by atoms with Crippen molar-refractivity contribution in [3.63, 3.8) is 0 Å². The standard InChI is InChI=1S/C15H13Cl2NO/c1-9-3-4-10(15(19)18-2)7-13(9)12-6-5-11(16)8-14(12)17/h3-8H,1-2H3,(H,18,19). The van der Waals surface area contributed by atoms with E-state index >= 15 is 0 Å². The molecule has 2 rings (SSSR count). The molecule has 19 heavy (non-hydrogen) atoms. The van der Waals surface area contributed by atoms with Gasteiger partial charge in [0.05, 0.1) is 0 Å². The van der Waals surface area contributed by atoms with Crippen molar-refractivity contribution in [3.05, 3.63) is 57.6 Å². The van der Waals surface area contributed by atoms with E-state index in [9.17, 15) is 4.79 Å². The first kappa shape index (κ1) is 13.9. The molecule has 0 aliphatic heterocycles. The molecule has 0 bridgehead atoms. The Morgan fingerprint density at radius 3 is 2.42 bits per heavy atom. The monoisotopic (exact) mass is 293 g/mol. The minimum Gasteiger partial charge on any atom is -0.355 e. The number of nitrogens with one attached hydrogen (secondary N) is 1. The van der Waals surface area contributed by atoms with E-state index in [2.05, 4.69) is 5.32 Å². The highest BCUT2D eigenvalue weighted by atomic mass is 35.5. The lowest BCUT2D eigenvalue weighted by molar-refractivity contribution is 0.0963. The second kappa shape index (κ2) is 5.64. The first-order chi connectivity index (χ1) is 9.02. The topological polar surface area (TPSA) is 29.1 Å². The summed E-state index contributed by atoms with van der Waals surface area (Å²) in [6.45, 7) is 1.98. The van der Waals surface area contributed by atoms with Gasteiger partial charge in [-0.3, -0.25) is 4.79 Å². The molecular weight excluding hydrogens is 281 g/mol. The Bertz CT molecular complexity index is 638. The van der Waals surface area contributed by atoms with Crippen LogP contribution >= 0.6 is 23.2 Å². The summed E-state index contributed by atoms with van der Waals surface area (Å²) < 4.78 is 0. The van der Waals surface area contributed by atoms with Crippen LogP contribution in [-0.4, -0.2) is 13.0 Å². The highest BCUT2D eigenvalue weighted by molar-refractivity contribution is 6.36.